The smallest absolute Gasteiger partial charge is 0.255 e. The van der Waals surface area contributed by atoms with Gasteiger partial charge in [0.1, 0.15) is 0 Å². The molecule has 0 fully saturated rings. The van der Waals surface area contributed by atoms with Crippen molar-refractivity contribution < 1.29 is 17.5 Å². The molecule has 18 heavy (non-hydrogen) atoms. The maximum Gasteiger partial charge on any atom is 0.255 e. The van der Waals surface area contributed by atoms with E-state index in [1.165, 1.54) is 18.5 Å². The van der Waals surface area contributed by atoms with Crippen LogP contribution in [0.25, 0.3) is 0 Å². The van der Waals surface area contributed by atoms with Crippen LogP contribution < -0.4 is 10.1 Å². The van der Waals surface area contributed by atoms with Crippen LogP contribution in [-0.4, -0.2) is 56.2 Å². The molecule has 0 unspecified atom stereocenters. The summed E-state index contributed by atoms with van der Waals surface area (Å²) >= 11 is 0. The minimum atomic E-state index is -3.21. The van der Waals surface area contributed by atoms with E-state index < -0.39 is 15.8 Å². The van der Waals surface area contributed by atoms with Crippen LogP contribution in [0.2, 0.25) is 0 Å². The van der Waals surface area contributed by atoms with Crippen LogP contribution in [0.5, 0.6) is 5.88 Å². The van der Waals surface area contributed by atoms with E-state index in [1.54, 1.807) is 0 Å². The SMILES string of the molecule is COc1nc(NCCN(C)S(C)(=O)=O)ncc1F. The van der Waals surface area contributed by atoms with Crippen molar-refractivity contribution in [2.75, 3.05) is 38.8 Å². The largest absolute Gasteiger partial charge is 0.479 e. The third kappa shape index (κ3) is 4.08. The van der Waals surface area contributed by atoms with E-state index in [2.05, 4.69) is 15.3 Å². The summed E-state index contributed by atoms with van der Waals surface area (Å²) in [5.41, 5.74) is 0. The zero-order valence-electron chi connectivity index (χ0n) is 10.3. The summed E-state index contributed by atoms with van der Waals surface area (Å²) in [6, 6.07) is 0. The predicted molar refractivity (Wildman–Crippen MR) is 64.5 cm³/mol. The van der Waals surface area contributed by atoms with Gasteiger partial charge in [0.05, 0.1) is 19.6 Å². The highest BCUT2D eigenvalue weighted by atomic mass is 32.2. The molecule has 1 heterocycles. The number of anilines is 1. The van der Waals surface area contributed by atoms with Crippen molar-refractivity contribution in [1.29, 1.82) is 0 Å². The Hall–Kier alpha value is -1.48. The molecular formula is C9H15FN4O3S. The Morgan fingerprint density at radius 1 is 1.56 bits per heavy atom. The van der Waals surface area contributed by atoms with Gasteiger partial charge in [-0.2, -0.15) is 9.37 Å². The number of methoxy groups -OCH3 is 1. The molecule has 0 amide bonds. The number of likely N-dealkylation sites (N-methyl/N-ethyl adjacent to an activating group) is 1. The monoisotopic (exact) mass is 278 g/mol. The first-order valence-electron chi connectivity index (χ1n) is 5.06. The lowest BCUT2D eigenvalue weighted by molar-refractivity contribution is 0.367. The van der Waals surface area contributed by atoms with Gasteiger partial charge in [-0.15, -0.1) is 0 Å². The van der Waals surface area contributed by atoms with E-state index in [0.29, 0.717) is 6.54 Å². The summed E-state index contributed by atoms with van der Waals surface area (Å²) in [6.07, 6.45) is 2.10. The molecule has 7 nitrogen and oxygen atoms in total. The van der Waals surface area contributed by atoms with E-state index in [-0.39, 0.29) is 18.4 Å². The van der Waals surface area contributed by atoms with Crippen LogP contribution >= 0.6 is 0 Å². The summed E-state index contributed by atoms with van der Waals surface area (Å²) in [5.74, 6) is -0.643. The number of ether oxygens (including phenoxy) is 1. The molecule has 0 radical (unpaired) electrons. The highest BCUT2D eigenvalue weighted by Crippen LogP contribution is 2.13. The number of halogens is 1. The van der Waals surface area contributed by atoms with Crippen LogP contribution in [-0.2, 0) is 10.0 Å². The zero-order chi connectivity index (χ0) is 13.8. The van der Waals surface area contributed by atoms with E-state index in [9.17, 15) is 12.8 Å². The van der Waals surface area contributed by atoms with Gasteiger partial charge in [-0.05, 0) is 0 Å². The summed E-state index contributed by atoms with van der Waals surface area (Å²) < 4.78 is 41.1. The van der Waals surface area contributed by atoms with E-state index in [0.717, 1.165) is 12.5 Å². The second kappa shape index (κ2) is 5.91. The Balaban J connectivity index is 2.54. The molecule has 1 aromatic rings. The molecule has 0 atom stereocenters. The van der Waals surface area contributed by atoms with Gasteiger partial charge in [0.2, 0.25) is 21.8 Å². The average molecular weight is 278 g/mol. The molecule has 0 saturated carbocycles. The second-order valence-corrected chi connectivity index (χ2v) is 5.65. The molecule has 0 aliphatic carbocycles. The lowest BCUT2D eigenvalue weighted by atomic mass is 10.6. The Bertz CT molecular complexity index is 509. The fourth-order valence-electron chi connectivity index (χ4n) is 1.07. The lowest BCUT2D eigenvalue weighted by Crippen LogP contribution is -2.30. The van der Waals surface area contributed by atoms with Crippen LogP contribution in [0, 0.1) is 5.82 Å². The number of hydrogen-bond donors (Lipinski definition) is 1. The van der Waals surface area contributed by atoms with Crippen molar-refractivity contribution >= 4 is 16.0 Å². The van der Waals surface area contributed by atoms with E-state index in [1.807, 2.05) is 0 Å². The minimum Gasteiger partial charge on any atom is -0.479 e. The second-order valence-electron chi connectivity index (χ2n) is 3.56. The third-order valence-electron chi connectivity index (χ3n) is 2.18. The summed E-state index contributed by atoms with van der Waals surface area (Å²) in [5, 5.41) is 2.77. The van der Waals surface area contributed by atoms with Gasteiger partial charge in [-0.25, -0.2) is 17.7 Å². The highest BCUT2D eigenvalue weighted by molar-refractivity contribution is 7.88. The standard InChI is InChI=1S/C9H15FN4O3S/c1-14(18(3,15)16)5-4-11-9-12-6-7(10)8(13-9)17-2/h6H,4-5H2,1-3H3,(H,11,12,13). The molecule has 102 valence electrons. The molecule has 0 aliphatic heterocycles. The number of nitrogens with one attached hydrogen (secondary N) is 1. The maximum absolute atomic E-state index is 13.0. The lowest BCUT2D eigenvalue weighted by Gasteiger charge is -2.14. The first kappa shape index (κ1) is 14.6. The fourth-order valence-corrected chi connectivity index (χ4v) is 1.49. The summed E-state index contributed by atoms with van der Waals surface area (Å²) in [4.78, 5) is 7.46. The van der Waals surface area contributed by atoms with Gasteiger partial charge in [0, 0.05) is 20.1 Å². The van der Waals surface area contributed by atoms with Gasteiger partial charge in [0.25, 0.3) is 5.88 Å². The normalized spacial score (nSPS) is 11.6. The van der Waals surface area contributed by atoms with E-state index in [4.69, 9.17) is 4.74 Å². The molecule has 0 aliphatic rings. The Morgan fingerprint density at radius 3 is 2.78 bits per heavy atom. The van der Waals surface area contributed by atoms with Crippen molar-refractivity contribution in [2.45, 2.75) is 0 Å². The molecule has 9 heteroatoms. The maximum atomic E-state index is 13.0. The minimum absolute atomic E-state index is 0.163. The average Bonchev–Trinajstić information content (AvgIpc) is 2.30. The third-order valence-corrected chi connectivity index (χ3v) is 3.50. The summed E-state index contributed by atoms with van der Waals surface area (Å²) in [7, 11) is -0.449. The number of sulfonamides is 1. The van der Waals surface area contributed by atoms with Crippen molar-refractivity contribution in [3.05, 3.63) is 12.0 Å². The molecule has 1 aromatic heterocycles. The van der Waals surface area contributed by atoms with Gasteiger partial charge < -0.3 is 10.1 Å². The molecule has 0 aromatic carbocycles. The zero-order valence-corrected chi connectivity index (χ0v) is 11.2. The van der Waals surface area contributed by atoms with Crippen molar-refractivity contribution in [3.63, 3.8) is 0 Å². The molecular weight excluding hydrogens is 263 g/mol. The highest BCUT2D eigenvalue weighted by Gasteiger charge is 2.11. The molecule has 0 saturated heterocycles. The van der Waals surface area contributed by atoms with Crippen LogP contribution in [0.3, 0.4) is 0 Å². The molecule has 1 rings (SSSR count). The van der Waals surface area contributed by atoms with Crippen molar-refractivity contribution in [3.8, 4) is 5.88 Å². The van der Waals surface area contributed by atoms with Crippen LogP contribution in [0.1, 0.15) is 0 Å². The Kier molecular flexibility index (Phi) is 4.79. The van der Waals surface area contributed by atoms with Gasteiger partial charge in [-0.3, -0.25) is 0 Å². The first-order chi connectivity index (χ1) is 8.34. The van der Waals surface area contributed by atoms with Crippen molar-refractivity contribution in [1.82, 2.24) is 14.3 Å². The molecule has 0 bridgehead atoms. The van der Waals surface area contributed by atoms with Gasteiger partial charge in [0.15, 0.2) is 0 Å². The quantitative estimate of drug-likeness (QED) is 0.784. The Morgan fingerprint density at radius 2 is 2.22 bits per heavy atom. The van der Waals surface area contributed by atoms with Crippen LogP contribution in [0.15, 0.2) is 6.20 Å². The molecule has 0 spiro atoms. The number of hydrogen-bond acceptors (Lipinski definition) is 6. The number of rotatable bonds is 6. The molecule has 1 N–H and O–H groups in total. The van der Waals surface area contributed by atoms with Crippen molar-refractivity contribution in [2.24, 2.45) is 0 Å². The Labute approximate surface area is 105 Å². The number of nitrogens with zero attached hydrogens (tertiary/aromatic N) is 3. The van der Waals surface area contributed by atoms with E-state index >= 15 is 0 Å². The fraction of sp³-hybridized carbons (Fsp3) is 0.556. The number of aromatic nitrogens is 2. The first-order valence-corrected chi connectivity index (χ1v) is 6.91. The predicted octanol–water partition coefficient (Wildman–Crippen LogP) is -0.0724. The summed E-state index contributed by atoms with van der Waals surface area (Å²) in [6.45, 7) is 0.556. The van der Waals surface area contributed by atoms with Gasteiger partial charge in [-0.1, -0.05) is 0 Å². The topological polar surface area (TPSA) is 84.4 Å². The van der Waals surface area contributed by atoms with Gasteiger partial charge >= 0.3 is 0 Å². The van der Waals surface area contributed by atoms with Crippen LogP contribution in [0.4, 0.5) is 10.3 Å².